The molecule has 3 aromatic rings. The van der Waals surface area contributed by atoms with Crippen molar-refractivity contribution in [2.45, 2.75) is 35.1 Å². The fourth-order valence-corrected chi connectivity index (χ4v) is 6.88. The highest BCUT2D eigenvalue weighted by atomic mass is 35.5. The normalized spacial score (nSPS) is 17.1. The van der Waals surface area contributed by atoms with Gasteiger partial charge in [0.25, 0.3) is 10.0 Å². The van der Waals surface area contributed by atoms with Crippen LogP contribution >= 0.6 is 35.0 Å². The topological polar surface area (TPSA) is 42.3 Å². The van der Waals surface area contributed by atoms with Gasteiger partial charge in [0.15, 0.2) is 0 Å². The standard InChI is InChI=1S/C21H22Cl2N2O2S2/c1-24(2)13-7-9-18-15(11-13)16-12-14(28-3)8-10-19(16)25(18)29(26,27)20-6-4-5-17(22)21(20)23/h4-6,8,10,12-13H,7,9,11H2,1-3H3. The Morgan fingerprint density at radius 2 is 1.93 bits per heavy atom. The van der Waals surface area contributed by atoms with Gasteiger partial charge >= 0.3 is 0 Å². The van der Waals surface area contributed by atoms with E-state index in [1.807, 2.05) is 18.4 Å². The minimum atomic E-state index is -3.89. The molecule has 1 heterocycles. The van der Waals surface area contributed by atoms with Crippen molar-refractivity contribution in [3.63, 3.8) is 0 Å². The lowest BCUT2D eigenvalue weighted by Gasteiger charge is -2.29. The number of thioether (sulfide) groups is 1. The highest BCUT2D eigenvalue weighted by Gasteiger charge is 2.32. The van der Waals surface area contributed by atoms with Gasteiger partial charge in [-0.05, 0) is 75.5 Å². The number of hydrogen-bond acceptors (Lipinski definition) is 4. The van der Waals surface area contributed by atoms with Crippen LogP contribution in [0, 0.1) is 0 Å². The third-order valence-corrected chi connectivity index (χ3v) is 9.11. The van der Waals surface area contributed by atoms with Gasteiger partial charge in [-0.2, -0.15) is 0 Å². The third-order valence-electron chi connectivity index (χ3n) is 5.66. The molecule has 0 N–H and O–H groups in total. The van der Waals surface area contributed by atoms with Crippen LogP contribution in [0.15, 0.2) is 46.2 Å². The maximum Gasteiger partial charge on any atom is 0.269 e. The number of nitrogens with zero attached hydrogens (tertiary/aromatic N) is 2. The van der Waals surface area contributed by atoms with Gasteiger partial charge in [0.05, 0.1) is 15.6 Å². The minimum absolute atomic E-state index is 0.0371. The first kappa shape index (κ1) is 21.1. The molecule has 0 spiro atoms. The van der Waals surface area contributed by atoms with Crippen molar-refractivity contribution in [1.29, 1.82) is 0 Å². The molecular weight excluding hydrogens is 447 g/mol. The Kier molecular flexibility index (Phi) is 5.68. The largest absolute Gasteiger partial charge is 0.306 e. The number of rotatable bonds is 4. The minimum Gasteiger partial charge on any atom is -0.306 e. The van der Waals surface area contributed by atoms with E-state index in [4.69, 9.17) is 23.2 Å². The van der Waals surface area contributed by atoms with Gasteiger partial charge in [0.1, 0.15) is 4.90 Å². The van der Waals surface area contributed by atoms with E-state index >= 15 is 0 Å². The van der Waals surface area contributed by atoms with E-state index in [0.717, 1.165) is 34.4 Å². The monoisotopic (exact) mass is 468 g/mol. The lowest BCUT2D eigenvalue weighted by Crippen LogP contribution is -2.34. The summed E-state index contributed by atoms with van der Waals surface area (Å²) in [5.74, 6) is 0. The molecule has 2 aromatic carbocycles. The summed E-state index contributed by atoms with van der Waals surface area (Å²) in [5.41, 5.74) is 2.67. The second kappa shape index (κ2) is 7.82. The van der Waals surface area contributed by atoms with Crippen molar-refractivity contribution in [2.24, 2.45) is 0 Å². The van der Waals surface area contributed by atoms with Crippen LogP contribution in [0.5, 0.6) is 0 Å². The van der Waals surface area contributed by atoms with Gasteiger partial charge in [-0.15, -0.1) is 11.8 Å². The van der Waals surface area contributed by atoms with Crippen molar-refractivity contribution in [3.05, 3.63) is 57.7 Å². The van der Waals surface area contributed by atoms with Gasteiger partial charge in [-0.3, -0.25) is 0 Å². The molecule has 1 aliphatic rings. The zero-order valence-corrected chi connectivity index (χ0v) is 19.6. The van der Waals surface area contributed by atoms with E-state index in [0.29, 0.717) is 18.0 Å². The number of aromatic nitrogens is 1. The number of hydrogen-bond donors (Lipinski definition) is 0. The van der Waals surface area contributed by atoms with E-state index in [-0.39, 0.29) is 14.9 Å². The molecule has 4 nitrogen and oxygen atoms in total. The average molecular weight is 469 g/mol. The number of halogens is 2. The Morgan fingerprint density at radius 1 is 1.17 bits per heavy atom. The molecule has 29 heavy (non-hydrogen) atoms. The summed E-state index contributed by atoms with van der Waals surface area (Å²) >= 11 is 14.1. The van der Waals surface area contributed by atoms with Gasteiger partial charge in [0, 0.05) is 22.0 Å². The molecule has 0 saturated heterocycles. The van der Waals surface area contributed by atoms with Crippen LogP contribution in [-0.4, -0.2) is 43.7 Å². The predicted molar refractivity (Wildman–Crippen MR) is 122 cm³/mol. The SMILES string of the molecule is CSc1ccc2c(c1)c1c(n2S(=O)(=O)c2cccc(Cl)c2Cl)CCC(N(C)C)C1. The molecule has 0 radical (unpaired) electrons. The van der Waals surface area contributed by atoms with E-state index in [1.165, 1.54) is 10.0 Å². The van der Waals surface area contributed by atoms with Crippen molar-refractivity contribution < 1.29 is 8.42 Å². The van der Waals surface area contributed by atoms with Crippen LogP contribution in [0.4, 0.5) is 0 Å². The summed E-state index contributed by atoms with van der Waals surface area (Å²) in [4.78, 5) is 3.37. The van der Waals surface area contributed by atoms with Crippen molar-refractivity contribution >= 4 is 55.9 Å². The molecule has 0 aliphatic heterocycles. The fraction of sp³-hybridized carbons (Fsp3) is 0.333. The lowest BCUT2D eigenvalue weighted by atomic mass is 9.91. The summed E-state index contributed by atoms with van der Waals surface area (Å²) in [7, 11) is 0.254. The fourth-order valence-electron chi connectivity index (χ4n) is 4.10. The molecule has 1 unspecified atom stereocenters. The molecule has 8 heteroatoms. The smallest absolute Gasteiger partial charge is 0.269 e. The maximum absolute atomic E-state index is 13.7. The van der Waals surface area contributed by atoms with Crippen molar-refractivity contribution in [3.8, 4) is 0 Å². The van der Waals surface area contributed by atoms with Gasteiger partial charge in [0.2, 0.25) is 0 Å². The molecule has 0 amide bonds. The molecule has 1 aromatic heterocycles. The van der Waals surface area contributed by atoms with Crippen LogP contribution in [0.1, 0.15) is 17.7 Å². The first-order valence-corrected chi connectivity index (χ1v) is 12.7. The molecule has 1 aliphatic carbocycles. The number of likely N-dealkylation sites (N-methyl/N-ethyl adjacent to an activating group) is 1. The maximum atomic E-state index is 13.7. The average Bonchev–Trinajstić information content (AvgIpc) is 3.03. The Labute approximate surface area is 185 Å². The Hall–Kier alpha value is -1.18. The molecular formula is C21H22Cl2N2O2S2. The highest BCUT2D eigenvalue weighted by Crippen LogP contribution is 2.39. The second-order valence-electron chi connectivity index (χ2n) is 7.49. The van der Waals surface area contributed by atoms with Crippen LogP contribution in [0.3, 0.4) is 0 Å². The van der Waals surface area contributed by atoms with Crippen molar-refractivity contribution in [2.75, 3.05) is 20.4 Å². The third kappa shape index (κ3) is 3.49. The van der Waals surface area contributed by atoms with Crippen LogP contribution in [-0.2, 0) is 22.9 Å². The molecule has 0 fully saturated rings. The van der Waals surface area contributed by atoms with Crippen LogP contribution < -0.4 is 0 Å². The molecule has 1 atom stereocenters. The quantitative estimate of drug-likeness (QED) is 0.485. The summed E-state index contributed by atoms with van der Waals surface area (Å²) in [6.07, 6.45) is 4.45. The van der Waals surface area contributed by atoms with Gasteiger partial charge in [-0.1, -0.05) is 29.3 Å². The van der Waals surface area contributed by atoms with E-state index in [9.17, 15) is 8.42 Å². The second-order valence-corrected chi connectivity index (χ2v) is 10.9. The zero-order chi connectivity index (χ0) is 20.9. The predicted octanol–water partition coefficient (Wildman–Crippen LogP) is 5.33. The Balaban J connectivity index is 2.02. The Morgan fingerprint density at radius 3 is 2.62 bits per heavy atom. The van der Waals surface area contributed by atoms with Gasteiger partial charge in [-0.25, -0.2) is 12.4 Å². The molecule has 0 saturated carbocycles. The lowest BCUT2D eigenvalue weighted by molar-refractivity contribution is 0.267. The Bertz CT molecular complexity index is 1200. The highest BCUT2D eigenvalue weighted by molar-refractivity contribution is 7.98. The molecule has 0 bridgehead atoms. The van der Waals surface area contributed by atoms with E-state index in [2.05, 4.69) is 25.1 Å². The summed E-state index contributed by atoms with van der Waals surface area (Å²) in [5, 5.41) is 1.29. The van der Waals surface area contributed by atoms with E-state index in [1.54, 1.807) is 23.9 Å². The number of benzene rings is 2. The van der Waals surface area contributed by atoms with E-state index < -0.39 is 10.0 Å². The molecule has 4 rings (SSSR count). The zero-order valence-electron chi connectivity index (χ0n) is 16.4. The number of fused-ring (bicyclic) bond motifs is 3. The first-order valence-electron chi connectivity index (χ1n) is 9.32. The van der Waals surface area contributed by atoms with Crippen LogP contribution in [0.25, 0.3) is 10.9 Å². The summed E-state index contributed by atoms with van der Waals surface area (Å²) < 4.78 is 28.9. The summed E-state index contributed by atoms with van der Waals surface area (Å²) in [6.45, 7) is 0. The summed E-state index contributed by atoms with van der Waals surface area (Å²) in [6, 6.07) is 11.1. The van der Waals surface area contributed by atoms with Gasteiger partial charge < -0.3 is 4.90 Å². The molecule has 154 valence electrons. The van der Waals surface area contributed by atoms with Crippen LogP contribution in [0.2, 0.25) is 10.0 Å². The first-order chi connectivity index (χ1) is 13.8. The van der Waals surface area contributed by atoms with Crippen molar-refractivity contribution in [1.82, 2.24) is 8.87 Å².